The van der Waals surface area contributed by atoms with E-state index in [0.29, 0.717) is 19.0 Å². The first kappa shape index (κ1) is 19.2. The second-order valence-electron chi connectivity index (χ2n) is 6.07. The second-order valence-corrected chi connectivity index (χ2v) is 7.63. The second kappa shape index (κ2) is 7.83. The molecular formula is C16H22N2O6S. The molecule has 0 saturated carbocycles. The lowest BCUT2D eigenvalue weighted by Crippen LogP contribution is -2.41. The summed E-state index contributed by atoms with van der Waals surface area (Å²) >= 11 is 0. The molecule has 138 valence electrons. The quantitative estimate of drug-likeness (QED) is 0.765. The lowest BCUT2D eigenvalue weighted by atomic mass is 10.0. The third-order valence-corrected chi connectivity index (χ3v) is 4.97. The molecule has 0 radical (unpaired) electrons. The summed E-state index contributed by atoms with van der Waals surface area (Å²) in [6, 6.07) is 3.61. The summed E-state index contributed by atoms with van der Waals surface area (Å²) < 4.78 is 33.0. The number of nitrogens with two attached hydrogens (primary N) is 1. The van der Waals surface area contributed by atoms with Gasteiger partial charge in [-0.2, -0.15) is 0 Å². The molecule has 2 N–H and O–H groups in total. The number of hydrogen-bond donors (Lipinski definition) is 1. The largest absolute Gasteiger partial charge is 0.496 e. The predicted molar refractivity (Wildman–Crippen MR) is 89.6 cm³/mol. The summed E-state index contributed by atoms with van der Waals surface area (Å²) in [5.41, 5.74) is -0.103. The van der Waals surface area contributed by atoms with E-state index in [0.717, 1.165) is 18.9 Å². The van der Waals surface area contributed by atoms with Crippen molar-refractivity contribution in [2.75, 3.05) is 26.8 Å². The van der Waals surface area contributed by atoms with Gasteiger partial charge in [-0.15, -0.1) is 0 Å². The average molecular weight is 370 g/mol. The molecule has 8 nitrogen and oxygen atoms in total. The zero-order valence-electron chi connectivity index (χ0n) is 14.2. The highest BCUT2D eigenvalue weighted by Crippen LogP contribution is 2.23. The van der Waals surface area contributed by atoms with Crippen LogP contribution in [0.15, 0.2) is 23.1 Å². The number of primary sulfonamides is 1. The number of carbonyl (C=O) groups is 2. The van der Waals surface area contributed by atoms with Gasteiger partial charge in [0.05, 0.1) is 12.0 Å². The standard InChI is InChI=1S/C16H22N2O6S/c1-11-4-3-7-18(9-11)15(19)10-24-16(20)13-8-12(25(17,21)22)5-6-14(13)23-2/h5-6,8,11H,3-4,7,9-10H2,1-2H3,(H2,17,21,22)/t11-/m0/s1. The van der Waals surface area contributed by atoms with Crippen LogP contribution in [0, 0.1) is 5.92 Å². The first-order valence-corrected chi connectivity index (χ1v) is 9.42. The van der Waals surface area contributed by atoms with Crippen LogP contribution in [0.1, 0.15) is 30.1 Å². The maximum absolute atomic E-state index is 12.2. The van der Waals surface area contributed by atoms with Crippen molar-refractivity contribution in [3.8, 4) is 5.75 Å². The number of benzene rings is 1. The van der Waals surface area contributed by atoms with E-state index in [2.05, 4.69) is 6.92 Å². The van der Waals surface area contributed by atoms with E-state index < -0.39 is 22.6 Å². The first-order valence-electron chi connectivity index (χ1n) is 7.88. The number of methoxy groups -OCH3 is 1. The van der Waals surface area contributed by atoms with E-state index >= 15 is 0 Å². The van der Waals surface area contributed by atoms with Crippen LogP contribution in [-0.2, 0) is 19.6 Å². The molecule has 1 heterocycles. The fraction of sp³-hybridized carbons (Fsp3) is 0.500. The fourth-order valence-corrected chi connectivity index (χ4v) is 3.28. The monoisotopic (exact) mass is 370 g/mol. The minimum absolute atomic E-state index is 0.103. The normalized spacial score (nSPS) is 17.9. The van der Waals surface area contributed by atoms with Gasteiger partial charge in [0.15, 0.2) is 6.61 Å². The highest BCUT2D eigenvalue weighted by Gasteiger charge is 2.23. The number of sulfonamides is 1. The van der Waals surface area contributed by atoms with Crippen LogP contribution in [0.25, 0.3) is 0 Å². The van der Waals surface area contributed by atoms with E-state index in [-0.39, 0.29) is 22.1 Å². The van der Waals surface area contributed by atoms with Gasteiger partial charge in [-0.1, -0.05) is 6.92 Å². The summed E-state index contributed by atoms with van der Waals surface area (Å²) in [4.78, 5) is 25.8. The highest BCUT2D eigenvalue weighted by atomic mass is 32.2. The van der Waals surface area contributed by atoms with Gasteiger partial charge >= 0.3 is 5.97 Å². The average Bonchev–Trinajstić information content (AvgIpc) is 2.57. The number of carbonyl (C=O) groups excluding carboxylic acids is 2. The van der Waals surface area contributed by atoms with Crippen LogP contribution in [0.3, 0.4) is 0 Å². The molecule has 0 unspecified atom stereocenters. The molecule has 0 bridgehead atoms. The number of piperidine rings is 1. The maximum Gasteiger partial charge on any atom is 0.342 e. The molecule has 1 aromatic carbocycles. The van der Waals surface area contributed by atoms with Crippen molar-refractivity contribution in [1.82, 2.24) is 4.90 Å². The maximum atomic E-state index is 12.2. The number of ether oxygens (including phenoxy) is 2. The number of likely N-dealkylation sites (tertiary alicyclic amines) is 1. The Labute approximate surface area is 146 Å². The number of hydrogen-bond acceptors (Lipinski definition) is 6. The van der Waals surface area contributed by atoms with Crippen molar-refractivity contribution in [2.45, 2.75) is 24.7 Å². The van der Waals surface area contributed by atoms with E-state index in [9.17, 15) is 18.0 Å². The van der Waals surface area contributed by atoms with E-state index in [1.165, 1.54) is 19.2 Å². The van der Waals surface area contributed by atoms with Crippen molar-refractivity contribution in [3.05, 3.63) is 23.8 Å². The number of nitrogens with zero attached hydrogens (tertiary/aromatic N) is 1. The van der Waals surface area contributed by atoms with Gasteiger partial charge in [0.2, 0.25) is 10.0 Å². The Hall–Kier alpha value is -2.13. The molecule has 9 heteroatoms. The van der Waals surface area contributed by atoms with Crippen molar-refractivity contribution in [2.24, 2.45) is 11.1 Å². The smallest absolute Gasteiger partial charge is 0.342 e. The Morgan fingerprint density at radius 1 is 1.36 bits per heavy atom. The third-order valence-electron chi connectivity index (χ3n) is 4.06. The molecular weight excluding hydrogens is 348 g/mol. The molecule has 1 amide bonds. The SMILES string of the molecule is COc1ccc(S(N)(=O)=O)cc1C(=O)OCC(=O)N1CCC[C@H](C)C1. The Bertz CT molecular complexity index is 762. The summed E-state index contributed by atoms with van der Waals surface area (Å²) in [6.07, 6.45) is 1.99. The molecule has 1 atom stereocenters. The molecule has 25 heavy (non-hydrogen) atoms. The molecule has 2 rings (SSSR count). The van der Waals surface area contributed by atoms with Crippen LogP contribution in [0.5, 0.6) is 5.75 Å². The van der Waals surface area contributed by atoms with Crippen LogP contribution in [-0.4, -0.2) is 52.0 Å². The Kier molecular flexibility index (Phi) is 6.02. The summed E-state index contributed by atoms with van der Waals surface area (Å²) in [7, 11) is -2.64. The summed E-state index contributed by atoms with van der Waals surface area (Å²) in [6.45, 7) is 2.94. The van der Waals surface area contributed by atoms with Gasteiger partial charge in [-0.05, 0) is 37.0 Å². The number of esters is 1. The molecule has 1 saturated heterocycles. The fourth-order valence-electron chi connectivity index (χ4n) is 2.74. The lowest BCUT2D eigenvalue weighted by Gasteiger charge is -2.30. The van der Waals surface area contributed by atoms with Crippen molar-refractivity contribution in [3.63, 3.8) is 0 Å². The van der Waals surface area contributed by atoms with Crippen LogP contribution in [0.4, 0.5) is 0 Å². The number of amides is 1. The molecule has 0 aliphatic carbocycles. The molecule has 1 aliphatic rings. The number of rotatable bonds is 5. The van der Waals surface area contributed by atoms with Crippen LogP contribution >= 0.6 is 0 Å². The van der Waals surface area contributed by atoms with Gasteiger partial charge in [-0.25, -0.2) is 18.4 Å². The van der Waals surface area contributed by atoms with Crippen LogP contribution < -0.4 is 9.88 Å². The molecule has 1 fully saturated rings. The minimum Gasteiger partial charge on any atom is -0.496 e. The van der Waals surface area contributed by atoms with E-state index in [4.69, 9.17) is 14.6 Å². The summed E-state index contributed by atoms with van der Waals surface area (Å²) in [5, 5.41) is 5.07. The Morgan fingerprint density at radius 3 is 2.68 bits per heavy atom. The topological polar surface area (TPSA) is 116 Å². The van der Waals surface area contributed by atoms with Gasteiger partial charge in [0.1, 0.15) is 11.3 Å². The van der Waals surface area contributed by atoms with Crippen LogP contribution in [0.2, 0.25) is 0 Å². The Morgan fingerprint density at radius 2 is 2.08 bits per heavy atom. The van der Waals surface area contributed by atoms with Gasteiger partial charge in [0.25, 0.3) is 5.91 Å². The van der Waals surface area contributed by atoms with Crippen molar-refractivity contribution >= 4 is 21.9 Å². The van der Waals surface area contributed by atoms with Crippen molar-refractivity contribution < 1.29 is 27.5 Å². The van der Waals surface area contributed by atoms with Gasteiger partial charge < -0.3 is 14.4 Å². The van der Waals surface area contributed by atoms with E-state index in [1.807, 2.05) is 0 Å². The minimum atomic E-state index is -3.98. The van der Waals surface area contributed by atoms with E-state index in [1.54, 1.807) is 4.90 Å². The highest BCUT2D eigenvalue weighted by molar-refractivity contribution is 7.89. The Balaban J connectivity index is 2.08. The van der Waals surface area contributed by atoms with Gasteiger partial charge in [-0.3, -0.25) is 4.79 Å². The predicted octanol–water partition coefficient (Wildman–Crippen LogP) is 0.758. The molecule has 0 aromatic heterocycles. The third kappa shape index (κ3) is 4.93. The molecule has 1 aromatic rings. The zero-order valence-corrected chi connectivity index (χ0v) is 15.0. The summed E-state index contributed by atoms with van der Waals surface area (Å²) in [5.74, 6) is -0.571. The van der Waals surface area contributed by atoms with Crippen molar-refractivity contribution in [1.29, 1.82) is 0 Å². The van der Waals surface area contributed by atoms with Gasteiger partial charge in [0, 0.05) is 13.1 Å². The molecule has 0 spiro atoms. The molecule has 1 aliphatic heterocycles. The first-order chi connectivity index (χ1) is 11.7. The lowest BCUT2D eigenvalue weighted by molar-refractivity contribution is -0.136. The zero-order chi connectivity index (χ0) is 18.6.